The van der Waals surface area contributed by atoms with Crippen LogP contribution in [0.4, 0.5) is 0 Å². The summed E-state index contributed by atoms with van der Waals surface area (Å²) in [5, 5.41) is 8.81. The Kier molecular flexibility index (Phi) is 4.15. The first-order valence-corrected chi connectivity index (χ1v) is 6.16. The Bertz CT molecular complexity index is 370. The molecule has 0 amide bonds. The largest absolute Gasteiger partial charge is 0.490 e. The highest BCUT2D eigenvalue weighted by Crippen LogP contribution is 2.22. The van der Waals surface area contributed by atoms with Gasteiger partial charge in [0.15, 0.2) is 0 Å². The lowest BCUT2D eigenvalue weighted by Crippen LogP contribution is -2.25. The molecular formula is C14H18O3. The van der Waals surface area contributed by atoms with Crippen LogP contribution in [0.3, 0.4) is 0 Å². The van der Waals surface area contributed by atoms with E-state index in [0.717, 1.165) is 24.2 Å². The topological polar surface area (TPSA) is 46.5 Å². The molecule has 0 aromatic heterocycles. The molecule has 0 spiro atoms. The first-order chi connectivity index (χ1) is 8.28. The van der Waals surface area contributed by atoms with Crippen LogP contribution in [0.2, 0.25) is 0 Å². The predicted molar refractivity (Wildman–Crippen MR) is 65.1 cm³/mol. The third kappa shape index (κ3) is 3.56. The van der Waals surface area contributed by atoms with Crippen molar-refractivity contribution in [2.24, 2.45) is 0 Å². The minimum atomic E-state index is 0.0416. The van der Waals surface area contributed by atoms with Gasteiger partial charge in [-0.25, -0.2) is 0 Å². The van der Waals surface area contributed by atoms with Gasteiger partial charge >= 0.3 is 0 Å². The normalized spacial score (nSPS) is 20.3. The highest BCUT2D eigenvalue weighted by Gasteiger charge is 2.20. The quantitative estimate of drug-likeness (QED) is 0.868. The van der Waals surface area contributed by atoms with E-state index in [-0.39, 0.29) is 12.7 Å². The number of aliphatic hydroxyl groups excluding tert-OH is 1. The van der Waals surface area contributed by atoms with E-state index in [2.05, 4.69) is 0 Å². The molecule has 92 valence electrons. The van der Waals surface area contributed by atoms with Gasteiger partial charge in [-0.1, -0.05) is 12.1 Å². The summed E-state index contributed by atoms with van der Waals surface area (Å²) in [6.45, 7) is 0.164. The molecule has 17 heavy (non-hydrogen) atoms. The lowest BCUT2D eigenvalue weighted by atomic mass is 9.96. The average Bonchev–Trinajstić information content (AvgIpc) is 2.32. The number of ketones is 1. The Morgan fingerprint density at radius 3 is 2.71 bits per heavy atom. The first kappa shape index (κ1) is 12.1. The van der Waals surface area contributed by atoms with Gasteiger partial charge in [-0.05, 0) is 37.0 Å². The third-order valence-electron chi connectivity index (χ3n) is 3.06. The maximum Gasteiger partial charge on any atom is 0.136 e. The highest BCUT2D eigenvalue weighted by atomic mass is 16.5. The van der Waals surface area contributed by atoms with Crippen molar-refractivity contribution in [2.45, 2.75) is 38.2 Å². The van der Waals surface area contributed by atoms with Crippen molar-refractivity contribution < 1.29 is 14.6 Å². The van der Waals surface area contributed by atoms with Gasteiger partial charge in [-0.2, -0.15) is 0 Å². The summed E-state index contributed by atoms with van der Waals surface area (Å²) in [5.41, 5.74) is 1.10. The van der Waals surface area contributed by atoms with Crippen molar-refractivity contribution in [1.82, 2.24) is 0 Å². The molecular weight excluding hydrogens is 216 g/mol. The van der Waals surface area contributed by atoms with Gasteiger partial charge in [0, 0.05) is 19.4 Å². The second-order valence-electron chi connectivity index (χ2n) is 4.49. The van der Waals surface area contributed by atoms with Gasteiger partial charge < -0.3 is 9.84 Å². The van der Waals surface area contributed by atoms with Crippen molar-refractivity contribution in [3.63, 3.8) is 0 Å². The molecule has 0 saturated heterocycles. The van der Waals surface area contributed by atoms with E-state index < -0.39 is 0 Å². The second kappa shape index (κ2) is 5.82. The maximum absolute atomic E-state index is 11.3. The van der Waals surface area contributed by atoms with Crippen molar-refractivity contribution in [2.75, 3.05) is 6.61 Å². The van der Waals surface area contributed by atoms with Crippen LogP contribution in [0.5, 0.6) is 5.75 Å². The van der Waals surface area contributed by atoms with Gasteiger partial charge in [0.2, 0.25) is 0 Å². The number of hydrogen-bond acceptors (Lipinski definition) is 3. The van der Waals surface area contributed by atoms with Crippen molar-refractivity contribution in [3.8, 4) is 5.75 Å². The van der Waals surface area contributed by atoms with Crippen molar-refractivity contribution >= 4 is 5.78 Å². The molecule has 0 radical (unpaired) electrons. The molecule has 1 aliphatic carbocycles. The van der Waals surface area contributed by atoms with Crippen molar-refractivity contribution in [1.29, 1.82) is 0 Å². The van der Waals surface area contributed by atoms with E-state index in [1.807, 2.05) is 24.3 Å². The standard InChI is InChI=1S/C14H18O3/c15-9-8-11-4-6-13(7-5-11)17-14-3-1-2-12(16)10-14/h4-7,14-15H,1-3,8-10H2. The van der Waals surface area contributed by atoms with Crippen LogP contribution in [-0.4, -0.2) is 23.6 Å². The summed E-state index contributed by atoms with van der Waals surface area (Å²) in [6.07, 6.45) is 3.85. The lowest BCUT2D eigenvalue weighted by Gasteiger charge is -2.22. The fourth-order valence-corrected chi connectivity index (χ4v) is 2.14. The van der Waals surface area contributed by atoms with E-state index in [0.29, 0.717) is 25.0 Å². The molecule has 0 aliphatic heterocycles. The summed E-state index contributed by atoms with van der Waals surface area (Å²) in [5.74, 6) is 1.12. The molecule has 1 aliphatic rings. The number of benzene rings is 1. The monoisotopic (exact) mass is 234 g/mol. The Hall–Kier alpha value is -1.35. The second-order valence-corrected chi connectivity index (χ2v) is 4.49. The maximum atomic E-state index is 11.3. The van der Waals surface area contributed by atoms with Crippen molar-refractivity contribution in [3.05, 3.63) is 29.8 Å². The zero-order chi connectivity index (χ0) is 12.1. The molecule has 1 aromatic carbocycles. The highest BCUT2D eigenvalue weighted by molar-refractivity contribution is 5.79. The van der Waals surface area contributed by atoms with E-state index in [4.69, 9.17) is 9.84 Å². The van der Waals surface area contributed by atoms with E-state index in [1.54, 1.807) is 0 Å². The van der Waals surface area contributed by atoms with Crippen LogP contribution in [0, 0.1) is 0 Å². The average molecular weight is 234 g/mol. The van der Waals surface area contributed by atoms with Crippen LogP contribution in [-0.2, 0) is 11.2 Å². The number of carbonyl (C=O) groups is 1. The van der Waals surface area contributed by atoms with Crippen LogP contribution in [0.25, 0.3) is 0 Å². The summed E-state index contributed by atoms with van der Waals surface area (Å²) in [4.78, 5) is 11.3. The number of ether oxygens (including phenoxy) is 1. The molecule has 3 heteroatoms. The minimum absolute atomic E-state index is 0.0416. The molecule has 2 rings (SSSR count). The summed E-state index contributed by atoms with van der Waals surface area (Å²) in [7, 11) is 0. The van der Waals surface area contributed by atoms with Gasteiger partial charge in [0.1, 0.15) is 17.6 Å². The third-order valence-corrected chi connectivity index (χ3v) is 3.06. The summed E-state index contributed by atoms with van der Waals surface area (Å²) >= 11 is 0. The molecule has 1 saturated carbocycles. The molecule has 3 nitrogen and oxygen atoms in total. The van der Waals surface area contributed by atoms with E-state index in [1.165, 1.54) is 0 Å². The molecule has 0 heterocycles. The number of aliphatic hydroxyl groups is 1. The van der Waals surface area contributed by atoms with Gasteiger partial charge in [0.25, 0.3) is 0 Å². The van der Waals surface area contributed by atoms with Crippen LogP contribution < -0.4 is 4.74 Å². The Balaban J connectivity index is 1.91. The molecule has 1 unspecified atom stereocenters. The molecule has 1 aromatic rings. The first-order valence-electron chi connectivity index (χ1n) is 6.16. The SMILES string of the molecule is O=C1CCCC(Oc2ccc(CCO)cc2)C1. The Morgan fingerprint density at radius 2 is 2.06 bits per heavy atom. The molecule has 1 fully saturated rings. The van der Waals surface area contributed by atoms with Gasteiger partial charge in [-0.15, -0.1) is 0 Å². The molecule has 1 atom stereocenters. The fraction of sp³-hybridized carbons (Fsp3) is 0.500. The van der Waals surface area contributed by atoms with E-state index in [9.17, 15) is 4.79 Å². The smallest absolute Gasteiger partial charge is 0.136 e. The van der Waals surface area contributed by atoms with Gasteiger partial charge in [0.05, 0.1) is 0 Å². The van der Waals surface area contributed by atoms with Crippen LogP contribution in [0.15, 0.2) is 24.3 Å². The minimum Gasteiger partial charge on any atom is -0.490 e. The lowest BCUT2D eigenvalue weighted by molar-refractivity contribution is -0.122. The van der Waals surface area contributed by atoms with E-state index >= 15 is 0 Å². The number of hydrogen-bond donors (Lipinski definition) is 1. The molecule has 0 bridgehead atoms. The zero-order valence-electron chi connectivity index (χ0n) is 9.89. The summed E-state index contributed by atoms with van der Waals surface area (Å²) < 4.78 is 5.78. The predicted octanol–water partition coefficient (Wildman–Crippen LogP) is 2.11. The molecule has 1 N–H and O–H groups in total. The fourth-order valence-electron chi connectivity index (χ4n) is 2.14. The van der Waals surface area contributed by atoms with Crippen LogP contribution >= 0.6 is 0 Å². The zero-order valence-corrected chi connectivity index (χ0v) is 9.89. The number of Topliss-reactive ketones (excluding diaryl/α,β-unsaturated/α-hetero) is 1. The summed E-state index contributed by atoms with van der Waals surface area (Å²) in [6, 6.07) is 7.72. The van der Waals surface area contributed by atoms with Crippen LogP contribution in [0.1, 0.15) is 31.2 Å². The number of carbonyl (C=O) groups excluding carboxylic acids is 1. The van der Waals surface area contributed by atoms with Gasteiger partial charge in [-0.3, -0.25) is 4.79 Å². The Morgan fingerprint density at radius 1 is 1.29 bits per heavy atom. The Labute approximate surface area is 101 Å². The number of rotatable bonds is 4.